The van der Waals surface area contributed by atoms with Gasteiger partial charge in [-0.3, -0.25) is 4.57 Å². The van der Waals surface area contributed by atoms with Gasteiger partial charge in [0.15, 0.2) is 0 Å². The fourth-order valence-corrected chi connectivity index (χ4v) is 4.00. The van der Waals surface area contributed by atoms with Gasteiger partial charge in [-0.15, -0.1) is 16.7 Å². The summed E-state index contributed by atoms with van der Waals surface area (Å²) in [6.07, 6.45) is 9.93. The van der Waals surface area contributed by atoms with E-state index in [9.17, 15) is 0 Å². The number of halogens is 2. The van der Waals surface area contributed by atoms with Gasteiger partial charge in [0.2, 0.25) is 5.90 Å². The molecule has 2 atom stereocenters. The van der Waals surface area contributed by atoms with Crippen LogP contribution in [0.5, 0.6) is 0 Å². The van der Waals surface area contributed by atoms with Crippen molar-refractivity contribution in [3.05, 3.63) is 64.7 Å². The zero-order chi connectivity index (χ0) is 24.4. The molecule has 0 spiro atoms. The summed E-state index contributed by atoms with van der Waals surface area (Å²) in [4.78, 5) is 5.00. The lowest BCUT2D eigenvalue weighted by molar-refractivity contribution is 0.261. The number of ether oxygens (including phenoxy) is 1. The van der Waals surface area contributed by atoms with Crippen molar-refractivity contribution in [2.75, 3.05) is 0 Å². The number of allylic oxidation sites excluding steroid dienone is 4. The second-order valence-electron chi connectivity index (χ2n) is 8.06. The molecule has 0 radical (unpaired) electrons. The highest BCUT2D eigenvalue weighted by molar-refractivity contribution is 6.30. The molecular formula is C26H36Cl2N4O. The Balaban J connectivity index is 2.55. The quantitative estimate of drug-likeness (QED) is 0.0896. The molecular weight excluding hydrogens is 455 g/mol. The van der Waals surface area contributed by atoms with Crippen LogP contribution < -0.4 is 5.84 Å². The molecule has 1 aromatic carbocycles. The van der Waals surface area contributed by atoms with Gasteiger partial charge in [0.25, 0.3) is 0 Å². The van der Waals surface area contributed by atoms with Gasteiger partial charge in [-0.05, 0) is 51.0 Å². The van der Waals surface area contributed by atoms with Gasteiger partial charge in [-0.25, -0.2) is 4.98 Å². The SMILES string of the molecule is C/C=C\C=C(\c1nc(CO/C(=N\N)C(C)CCCC)c(CC)n1-c1ccc(Cl)cc1)C(C)Cl. The van der Waals surface area contributed by atoms with Crippen molar-refractivity contribution >= 4 is 34.7 Å². The maximum atomic E-state index is 6.60. The number of aromatic nitrogens is 2. The Morgan fingerprint density at radius 2 is 1.94 bits per heavy atom. The van der Waals surface area contributed by atoms with Crippen LogP contribution in [0, 0.1) is 5.92 Å². The molecule has 0 aliphatic heterocycles. The van der Waals surface area contributed by atoms with Gasteiger partial charge in [0.05, 0.1) is 5.38 Å². The molecule has 0 aliphatic rings. The zero-order valence-corrected chi connectivity index (χ0v) is 21.8. The highest BCUT2D eigenvalue weighted by Crippen LogP contribution is 2.30. The van der Waals surface area contributed by atoms with Gasteiger partial charge < -0.3 is 10.6 Å². The van der Waals surface area contributed by atoms with E-state index in [-0.39, 0.29) is 17.9 Å². The third-order valence-corrected chi connectivity index (χ3v) is 6.01. The largest absolute Gasteiger partial charge is 0.473 e. The van der Waals surface area contributed by atoms with E-state index in [1.54, 1.807) is 0 Å². The van der Waals surface area contributed by atoms with Crippen molar-refractivity contribution in [3.8, 4) is 5.69 Å². The third-order valence-electron chi connectivity index (χ3n) is 5.53. The van der Waals surface area contributed by atoms with Gasteiger partial charge in [-0.2, -0.15) is 0 Å². The number of alkyl halides is 1. The fourth-order valence-electron chi connectivity index (χ4n) is 3.71. The van der Waals surface area contributed by atoms with Crippen LogP contribution in [0.3, 0.4) is 0 Å². The molecule has 5 nitrogen and oxygen atoms in total. The molecule has 2 aromatic rings. The lowest BCUT2D eigenvalue weighted by Crippen LogP contribution is -2.18. The number of rotatable bonds is 11. The Hall–Kier alpha value is -2.24. The first-order valence-electron chi connectivity index (χ1n) is 11.6. The molecule has 1 aromatic heterocycles. The van der Waals surface area contributed by atoms with E-state index >= 15 is 0 Å². The highest BCUT2D eigenvalue weighted by Gasteiger charge is 2.23. The first kappa shape index (κ1) is 27.0. The highest BCUT2D eigenvalue weighted by atomic mass is 35.5. The van der Waals surface area contributed by atoms with Crippen LogP contribution in [0.2, 0.25) is 5.02 Å². The summed E-state index contributed by atoms with van der Waals surface area (Å²) < 4.78 is 8.23. The van der Waals surface area contributed by atoms with E-state index in [2.05, 4.69) is 30.4 Å². The van der Waals surface area contributed by atoms with Crippen LogP contribution in [0.4, 0.5) is 0 Å². The van der Waals surface area contributed by atoms with Crippen molar-refractivity contribution in [1.82, 2.24) is 9.55 Å². The van der Waals surface area contributed by atoms with Crippen LogP contribution >= 0.6 is 23.2 Å². The summed E-state index contributed by atoms with van der Waals surface area (Å²) in [6, 6.07) is 7.74. The molecule has 0 amide bonds. The number of benzene rings is 1. The van der Waals surface area contributed by atoms with E-state index in [1.807, 2.05) is 56.3 Å². The molecule has 2 N–H and O–H groups in total. The average molecular weight is 492 g/mol. The summed E-state index contributed by atoms with van der Waals surface area (Å²) in [5.74, 6) is 7.16. The molecule has 0 fully saturated rings. The summed E-state index contributed by atoms with van der Waals surface area (Å²) in [5.41, 5.74) is 3.79. The third kappa shape index (κ3) is 7.12. The van der Waals surface area contributed by atoms with Crippen molar-refractivity contribution in [2.24, 2.45) is 16.9 Å². The summed E-state index contributed by atoms with van der Waals surface area (Å²) >= 11 is 12.8. The van der Waals surface area contributed by atoms with E-state index in [0.29, 0.717) is 10.9 Å². The zero-order valence-electron chi connectivity index (χ0n) is 20.3. The van der Waals surface area contributed by atoms with E-state index in [4.69, 9.17) is 38.8 Å². The standard InChI is InChI=1S/C26H36Cl2N4O/c1-6-9-11-18(4)26(31-29)33-17-23-24(8-3)32(21-15-13-20(28)14-16-21)25(30-23)22(19(5)27)12-10-7-2/h7,10,12-16,18-19H,6,8-9,11,17,29H2,1-5H3/b10-7-,22-12+,31-26-. The number of hydrazone groups is 1. The summed E-state index contributed by atoms with van der Waals surface area (Å²) in [5, 5.41) is 4.37. The van der Waals surface area contributed by atoms with E-state index in [1.165, 1.54) is 0 Å². The molecule has 2 unspecified atom stereocenters. The van der Waals surface area contributed by atoms with Crippen LogP contribution in [0.15, 0.2) is 47.6 Å². The first-order chi connectivity index (χ1) is 15.9. The monoisotopic (exact) mass is 490 g/mol. The maximum Gasteiger partial charge on any atom is 0.208 e. The van der Waals surface area contributed by atoms with Crippen LogP contribution in [-0.2, 0) is 17.8 Å². The minimum absolute atomic E-state index is 0.158. The Morgan fingerprint density at radius 1 is 1.24 bits per heavy atom. The van der Waals surface area contributed by atoms with Crippen molar-refractivity contribution in [1.29, 1.82) is 0 Å². The number of unbranched alkanes of at least 4 members (excludes halogenated alkanes) is 1. The number of imidazole rings is 1. The van der Waals surface area contributed by atoms with Crippen LogP contribution in [0.1, 0.15) is 71.1 Å². The summed E-state index contributed by atoms with van der Waals surface area (Å²) in [7, 11) is 0. The molecule has 0 aliphatic carbocycles. The van der Waals surface area contributed by atoms with Gasteiger partial charge in [0, 0.05) is 27.9 Å². The second kappa shape index (κ2) is 13.5. The lowest BCUT2D eigenvalue weighted by atomic mass is 10.0. The molecule has 7 heteroatoms. The Labute approximate surface area is 208 Å². The molecule has 0 saturated heterocycles. The topological polar surface area (TPSA) is 65.4 Å². The molecule has 0 saturated carbocycles. The number of nitrogens with zero attached hydrogens (tertiary/aromatic N) is 3. The number of hydrogen-bond acceptors (Lipinski definition) is 4. The van der Waals surface area contributed by atoms with Gasteiger partial charge in [0.1, 0.15) is 18.1 Å². The van der Waals surface area contributed by atoms with E-state index < -0.39 is 0 Å². The van der Waals surface area contributed by atoms with Crippen molar-refractivity contribution in [2.45, 2.75) is 72.3 Å². The Kier molecular flexibility index (Phi) is 11.0. The van der Waals surface area contributed by atoms with Crippen LogP contribution in [0.25, 0.3) is 11.3 Å². The minimum Gasteiger partial charge on any atom is -0.473 e. The van der Waals surface area contributed by atoms with Gasteiger partial charge >= 0.3 is 0 Å². The van der Waals surface area contributed by atoms with Crippen molar-refractivity contribution < 1.29 is 4.74 Å². The Bertz CT molecular complexity index is 975. The Morgan fingerprint density at radius 3 is 2.48 bits per heavy atom. The average Bonchev–Trinajstić information content (AvgIpc) is 3.16. The molecule has 0 bridgehead atoms. The second-order valence-corrected chi connectivity index (χ2v) is 9.15. The predicted molar refractivity (Wildman–Crippen MR) is 141 cm³/mol. The number of hydrogen-bond donors (Lipinski definition) is 1. The predicted octanol–water partition coefficient (Wildman–Crippen LogP) is 7.29. The fraction of sp³-hybridized carbons (Fsp3) is 0.462. The lowest BCUT2D eigenvalue weighted by Gasteiger charge is -2.16. The summed E-state index contributed by atoms with van der Waals surface area (Å²) in [6.45, 7) is 10.6. The first-order valence-corrected chi connectivity index (χ1v) is 12.4. The molecule has 33 heavy (non-hydrogen) atoms. The normalized spacial score (nSPS) is 14.6. The molecule has 1 heterocycles. The van der Waals surface area contributed by atoms with Crippen LogP contribution in [-0.4, -0.2) is 20.8 Å². The maximum absolute atomic E-state index is 6.60. The minimum atomic E-state index is -0.233. The molecule has 180 valence electrons. The van der Waals surface area contributed by atoms with Gasteiger partial charge in [-0.1, -0.05) is 63.4 Å². The molecule has 2 rings (SSSR count). The number of nitrogens with two attached hydrogens (primary N) is 1. The smallest absolute Gasteiger partial charge is 0.208 e. The van der Waals surface area contributed by atoms with E-state index in [0.717, 1.165) is 54.2 Å². The van der Waals surface area contributed by atoms with Crippen molar-refractivity contribution in [3.63, 3.8) is 0 Å².